The van der Waals surface area contributed by atoms with Crippen LogP contribution in [0.15, 0.2) is 48.5 Å². The number of carbonyl (C=O) groups excluding carboxylic acids is 1. The van der Waals surface area contributed by atoms with Gasteiger partial charge in [0.2, 0.25) is 0 Å². The third-order valence-electron chi connectivity index (χ3n) is 3.00. The Morgan fingerprint density at radius 2 is 1.85 bits per heavy atom. The number of alkyl halides is 1. The van der Waals surface area contributed by atoms with Crippen LogP contribution in [0.2, 0.25) is 0 Å². The molecule has 0 bridgehead atoms. The highest BCUT2D eigenvalue weighted by molar-refractivity contribution is 6.17. The van der Waals surface area contributed by atoms with Gasteiger partial charge in [0.1, 0.15) is 5.75 Å². The molecule has 0 saturated heterocycles. The zero-order chi connectivity index (χ0) is 14.4. The van der Waals surface area contributed by atoms with Crippen molar-refractivity contribution in [3.05, 3.63) is 65.2 Å². The average molecular weight is 290 g/mol. The Balaban J connectivity index is 2.01. The van der Waals surface area contributed by atoms with Crippen molar-refractivity contribution in [3.63, 3.8) is 0 Å². The van der Waals surface area contributed by atoms with Crippen LogP contribution in [0.25, 0.3) is 0 Å². The SMILES string of the molecule is COc1ccccc1CNC(=O)c1ccc(CCl)cc1. The molecule has 0 aliphatic rings. The Morgan fingerprint density at radius 1 is 1.15 bits per heavy atom. The molecule has 1 N–H and O–H groups in total. The molecular weight excluding hydrogens is 274 g/mol. The number of methoxy groups -OCH3 is 1. The quantitative estimate of drug-likeness (QED) is 0.857. The molecule has 20 heavy (non-hydrogen) atoms. The van der Waals surface area contributed by atoms with Crippen molar-refractivity contribution in [2.24, 2.45) is 0 Å². The molecule has 0 fully saturated rings. The van der Waals surface area contributed by atoms with E-state index in [1.807, 2.05) is 36.4 Å². The first-order chi connectivity index (χ1) is 9.74. The third-order valence-corrected chi connectivity index (χ3v) is 3.31. The number of para-hydroxylation sites is 1. The van der Waals surface area contributed by atoms with Crippen LogP contribution >= 0.6 is 11.6 Å². The standard InChI is InChI=1S/C16H16ClNO2/c1-20-15-5-3-2-4-14(15)11-18-16(19)13-8-6-12(10-17)7-9-13/h2-9H,10-11H2,1H3,(H,18,19). The van der Waals surface area contributed by atoms with Crippen LogP contribution in [0.4, 0.5) is 0 Å². The predicted molar refractivity (Wildman–Crippen MR) is 80.2 cm³/mol. The number of benzene rings is 2. The summed E-state index contributed by atoms with van der Waals surface area (Å²) in [6, 6.07) is 14.9. The van der Waals surface area contributed by atoms with Gasteiger partial charge in [-0.2, -0.15) is 0 Å². The highest BCUT2D eigenvalue weighted by Crippen LogP contribution is 2.17. The van der Waals surface area contributed by atoms with Gasteiger partial charge in [-0.25, -0.2) is 0 Å². The molecule has 0 aliphatic carbocycles. The van der Waals surface area contributed by atoms with Gasteiger partial charge in [-0.1, -0.05) is 30.3 Å². The van der Waals surface area contributed by atoms with Crippen molar-refractivity contribution in [2.45, 2.75) is 12.4 Å². The Labute approximate surface area is 123 Å². The molecule has 0 radical (unpaired) electrons. The van der Waals surface area contributed by atoms with Crippen molar-refractivity contribution in [1.29, 1.82) is 0 Å². The molecule has 0 heterocycles. The second kappa shape index (κ2) is 6.96. The summed E-state index contributed by atoms with van der Waals surface area (Å²) >= 11 is 5.72. The number of carbonyl (C=O) groups is 1. The number of amides is 1. The molecule has 2 rings (SSSR count). The highest BCUT2D eigenvalue weighted by Gasteiger charge is 2.07. The molecule has 0 spiro atoms. The lowest BCUT2D eigenvalue weighted by molar-refractivity contribution is 0.0950. The van der Waals surface area contributed by atoms with Gasteiger partial charge in [0.15, 0.2) is 0 Å². The van der Waals surface area contributed by atoms with E-state index in [-0.39, 0.29) is 5.91 Å². The van der Waals surface area contributed by atoms with Crippen molar-refractivity contribution < 1.29 is 9.53 Å². The van der Waals surface area contributed by atoms with Gasteiger partial charge in [-0.3, -0.25) is 4.79 Å². The molecule has 1 amide bonds. The van der Waals surface area contributed by atoms with E-state index in [1.165, 1.54) is 0 Å². The van der Waals surface area contributed by atoms with Crippen molar-refractivity contribution in [3.8, 4) is 5.75 Å². The molecule has 2 aromatic rings. The molecule has 0 aromatic heterocycles. The minimum absolute atomic E-state index is 0.114. The normalized spacial score (nSPS) is 10.1. The van der Waals surface area contributed by atoms with Crippen molar-refractivity contribution in [2.75, 3.05) is 7.11 Å². The van der Waals surface area contributed by atoms with Crippen LogP contribution in [0, 0.1) is 0 Å². The summed E-state index contributed by atoms with van der Waals surface area (Å²) in [6.45, 7) is 0.431. The van der Waals surface area contributed by atoms with Crippen LogP contribution in [-0.4, -0.2) is 13.0 Å². The van der Waals surface area contributed by atoms with Crippen molar-refractivity contribution >= 4 is 17.5 Å². The van der Waals surface area contributed by atoms with Gasteiger partial charge >= 0.3 is 0 Å². The predicted octanol–water partition coefficient (Wildman–Crippen LogP) is 3.36. The zero-order valence-electron chi connectivity index (χ0n) is 11.2. The lowest BCUT2D eigenvalue weighted by Gasteiger charge is -2.09. The molecular formula is C16H16ClNO2. The van der Waals surface area contributed by atoms with Crippen LogP contribution in [0.5, 0.6) is 5.75 Å². The Morgan fingerprint density at radius 3 is 2.50 bits per heavy atom. The van der Waals surface area contributed by atoms with E-state index in [9.17, 15) is 4.79 Å². The fraction of sp³-hybridized carbons (Fsp3) is 0.188. The van der Waals surface area contributed by atoms with Crippen LogP contribution < -0.4 is 10.1 Å². The summed E-state index contributed by atoms with van der Waals surface area (Å²) < 4.78 is 5.25. The van der Waals surface area contributed by atoms with Crippen LogP contribution in [0.3, 0.4) is 0 Å². The zero-order valence-corrected chi connectivity index (χ0v) is 12.0. The maximum absolute atomic E-state index is 12.0. The lowest BCUT2D eigenvalue weighted by atomic mass is 10.1. The van der Waals surface area contributed by atoms with Crippen LogP contribution in [0.1, 0.15) is 21.5 Å². The maximum Gasteiger partial charge on any atom is 0.251 e. The van der Waals surface area contributed by atoms with Gasteiger partial charge in [0.25, 0.3) is 5.91 Å². The summed E-state index contributed by atoms with van der Waals surface area (Å²) in [5.74, 6) is 1.10. The summed E-state index contributed by atoms with van der Waals surface area (Å²) in [4.78, 5) is 12.0. The Kier molecular flexibility index (Phi) is 5.02. The van der Waals surface area contributed by atoms with E-state index in [1.54, 1.807) is 19.2 Å². The Bertz CT molecular complexity index is 581. The maximum atomic E-state index is 12.0. The molecule has 0 aliphatic heterocycles. The van der Waals surface area contributed by atoms with Crippen molar-refractivity contribution in [1.82, 2.24) is 5.32 Å². The van der Waals surface area contributed by atoms with Gasteiger partial charge in [0, 0.05) is 23.6 Å². The molecule has 0 unspecified atom stereocenters. The number of hydrogen-bond donors (Lipinski definition) is 1. The average Bonchev–Trinajstić information content (AvgIpc) is 2.53. The minimum atomic E-state index is -0.114. The van der Waals surface area contributed by atoms with Gasteiger partial charge in [0.05, 0.1) is 7.11 Å². The fourth-order valence-electron chi connectivity index (χ4n) is 1.87. The van der Waals surface area contributed by atoms with Gasteiger partial charge in [-0.05, 0) is 23.8 Å². The topological polar surface area (TPSA) is 38.3 Å². The lowest BCUT2D eigenvalue weighted by Crippen LogP contribution is -2.23. The summed E-state index contributed by atoms with van der Waals surface area (Å²) in [5.41, 5.74) is 2.56. The first kappa shape index (κ1) is 14.4. The minimum Gasteiger partial charge on any atom is -0.496 e. The number of hydrogen-bond acceptors (Lipinski definition) is 2. The van der Waals surface area contributed by atoms with E-state index in [4.69, 9.17) is 16.3 Å². The number of halogens is 1. The number of nitrogens with one attached hydrogen (secondary N) is 1. The molecule has 3 nitrogen and oxygen atoms in total. The molecule has 2 aromatic carbocycles. The highest BCUT2D eigenvalue weighted by atomic mass is 35.5. The van der Waals surface area contributed by atoms with E-state index in [0.29, 0.717) is 18.0 Å². The molecule has 104 valence electrons. The fourth-order valence-corrected chi connectivity index (χ4v) is 2.05. The monoisotopic (exact) mass is 289 g/mol. The first-order valence-corrected chi connectivity index (χ1v) is 6.83. The van der Waals surface area contributed by atoms with E-state index < -0.39 is 0 Å². The first-order valence-electron chi connectivity index (χ1n) is 6.29. The van der Waals surface area contributed by atoms with E-state index in [2.05, 4.69) is 5.32 Å². The van der Waals surface area contributed by atoms with E-state index in [0.717, 1.165) is 16.9 Å². The summed E-state index contributed by atoms with van der Waals surface area (Å²) in [6.07, 6.45) is 0. The number of rotatable bonds is 5. The Hall–Kier alpha value is -2.00. The van der Waals surface area contributed by atoms with Gasteiger partial charge < -0.3 is 10.1 Å². The van der Waals surface area contributed by atoms with Gasteiger partial charge in [-0.15, -0.1) is 11.6 Å². The second-order valence-corrected chi connectivity index (χ2v) is 4.59. The second-order valence-electron chi connectivity index (χ2n) is 4.33. The summed E-state index contributed by atoms with van der Waals surface area (Å²) in [7, 11) is 1.62. The summed E-state index contributed by atoms with van der Waals surface area (Å²) in [5, 5.41) is 2.88. The molecule has 0 saturated carbocycles. The smallest absolute Gasteiger partial charge is 0.251 e. The molecule has 0 atom stereocenters. The van der Waals surface area contributed by atoms with E-state index >= 15 is 0 Å². The van der Waals surface area contributed by atoms with Crippen LogP contribution in [-0.2, 0) is 12.4 Å². The largest absolute Gasteiger partial charge is 0.496 e. The third kappa shape index (κ3) is 3.52. The molecule has 4 heteroatoms. The number of ether oxygens (including phenoxy) is 1.